The summed E-state index contributed by atoms with van der Waals surface area (Å²) in [7, 11) is -1.19. The average Bonchev–Trinajstić information content (AvgIpc) is 3.01. The zero-order chi connectivity index (χ0) is 24.1. The van der Waals surface area contributed by atoms with Crippen molar-refractivity contribution in [2.45, 2.75) is 71.3 Å². The molecule has 0 saturated heterocycles. The molecule has 0 saturated carbocycles. The van der Waals surface area contributed by atoms with Crippen LogP contribution < -0.4 is 0 Å². The molecule has 1 N–H and O–H groups in total. The van der Waals surface area contributed by atoms with Crippen molar-refractivity contribution in [3.05, 3.63) is 64.8 Å². The maximum atomic E-state index is 11.8. The van der Waals surface area contributed by atoms with Gasteiger partial charge in [0.25, 0.3) is 0 Å². The Bertz CT molecular complexity index is 911. The lowest BCUT2D eigenvalue weighted by atomic mass is 9.86. The maximum Gasteiger partial charge on any atom is 0.339 e. The zero-order valence-corrected chi connectivity index (χ0v) is 21.4. The zero-order valence-electron chi connectivity index (χ0n) is 20.4. The summed E-state index contributed by atoms with van der Waals surface area (Å²) in [4.78, 5) is 11.8. The summed E-state index contributed by atoms with van der Waals surface area (Å²) < 4.78 is 18.4. The van der Waals surface area contributed by atoms with E-state index in [9.17, 15) is 9.90 Å². The SMILES string of the molecule is C=C(C)[C@@H]1C=C=C(C(=O)O)CC[C@@H](C(=C)C)[C@@H](OCOCC[Si](C)(C)C)c2oc1cc2C. The molecule has 1 aromatic rings. The summed E-state index contributed by atoms with van der Waals surface area (Å²) in [5, 5.41) is 9.68. The minimum absolute atomic E-state index is 0.120. The van der Waals surface area contributed by atoms with Crippen molar-refractivity contribution in [3.63, 3.8) is 0 Å². The molecule has 0 fully saturated rings. The second-order valence-electron chi connectivity index (χ2n) is 10.0. The van der Waals surface area contributed by atoms with Gasteiger partial charge >= 0.3 is 5.97 Å². The van der Waals surface area contributed by atoms with E-state index in [0.29, 0.717) is 25.2 Å². The van der Waals surface area contributed by atoms with Crippen molar-refractivity contribution in [3.8, 4) is 0 Å². The summed E-state index contributed by atoms with van der Waals surface area (Å²) in [6.07, 6.45) is 2.25. The van der Waals surface area contributed by atoms with Gasteiger partial charge in [-0.05, 0) is 57.4 Å². The number of carboxylic acids is 1. The molecular formula is C26H38O5Si. The second kappa shape index (κ2) is 11.1. The molecule has 176 valence electrons. The third kappa shape index (κ3) is 7.21. The van der Waals surface area contributed by atoms with Gasteiger partial charge in [-0.15, -0.1) is 5.73 Å². The predicted molar refractivity (Wildman–Crippen MR) is 131 cm³/mol. The quantitative estimate of drug-likeness (QED) is 0.145. The predicted octanol–water partition coefficient (Wildman–Crippen LogP) is 6.77. The van der Waals surface area contributed by atoms with E-state index in [0.717, 1.165) is 28.5 Å². The molecule has 0 aromatic carbocycles. The Morgan fingerprint density at radius 3 is 2.53 bits per heavy atom. The first-order valence-electron chi connectivity index (χ1n) is 11.2. The van der Waals surface area contributed by atoms with E-state index in [-0.39, 0.29) is 24.2 Å². The Morgan fingerprint density at radius 2 is 1.97 bits per heavy atom. The lowest BCUT2D eigenvalue weighted by Gasteiger charge is -2.27. The topological polar surface area (TPSA) is 68.9 Å². The fourth-order valence-electron chi connectivity index (χ4n) is 3.74. The Kier molecular flexibility index (Phi) is 9.11. The van der Waals surface area contributed by atoms with E-state index < -0.39 is 20.1 Å². The Labute approximate surface area is 193 Å². The van der Waals surface area contributed by atoms with Gasteiger partial charge < -0.3 is 19.0 Å². The van der Waals surface area contributed by atoms with Gasteiger partial charge in [0.1, 0.15) is 24.4 Å². The number of hydrogen-bond donors (Lipinski definition) is 1. The lowest BCUT2D eigenvalue weighted by Crippen LogP contribution is -2.23. The molecule has 2 rings (SSSR count). The minimum Gasteiger partial charge on any atom is -0.477 e. The molecule has 0 aliphatic carbocycles. The van der Waals surface area contributed by atoms with Gasteiger partial charge in [-0.25, -0.2) is 4.79 Å². The fraction of sp³-hybridized carbons (Fsp3) is 0.538. The molecule has 1 aromatic heterocycles. The van der Waals surface area contributed by atoms with E-state index in [1.54, 1.807) is 6.08 Å². The maximum absolute atomic E-state index is 11.8. The van der Waals surface area contributed by atoms with Gasteiger partial charge in [-0.2, -0.15) is 0 Å². The second-order valence-corrected chi connectivity index (χ2v) is 15.7. The average molecular weight is 459 g/mol. The standard InChI is InChI=1S/C26H38O5Si/c1-17(2)21-11-9-20(26(27)28)10-12-22(18(3)4)25(24-19(5)15-23(21)31-24)30-16-29-13-14-32(6,7)8/h11,15,21-22,25H,1,3,10,12-14,16H2,2,4-8H3,(H,27,28)/t9?,21-,22-,25+/m0/s1. The molecule has 2 heterocycles. The molecule has 2 bridgehead atoms. The molecular weight excluding hydrogens is 420 g/mol. The highest BCUT2D eigenvalue weighted by atomic mass is 28.3. The van der Waals surface area contributed by atoms with Crippen LogP contribution in [-0.2, 0) is 14.3 Å². The molecule has 0 radical (unpaired) electrons. The molecule has 0 unspecified atom stereocenters. The van der Waals surface area contributed by atoms with Crippen LogP contribution in [0.5, 0.6) is 0 Å². The molecule has 3 atom stereocenters. The van der Waals surface area contributed by atoms with Crippen LogP contribution in [0.4, 0.5) is 0 Å². The highest BCUT2D eigenvalue weighted by molar-refractivity contribution is 6.76. The molecule has 1 aliphatic rings. The molecule has 32 heavy (non-hydrogen) atoms. The number of carbonyl (C=O) groups is 1. The van der Waals surface area contributed by atoms with Gasteiger partial charge in [-0.3, -0.25) is 0 Å². The van der Waals surface area contributed by atoms with Crippen molar-refractivity contribution in [2.24, 2.45) is 5.92 Å². The molecule has 5 nitrogen and oxygen atoms in total. The molecule has 6 heteroatoms. The van der Waals surface area contributed by atoms with Crippen LogP contribution in [0.3, 0.4) is 0 Å². The number of carboxylic acid groups (broad SMARTS) is 1. The Hall–Kier alpha value is -2.11. The van der Waals surface area contributed by atoms with E-state index in [1.807, 2.05) is 26.8 Å². The molecule has 1 aliphatic heterocycles. The Morgan fingerprint density at radius 1 is 1.28 bits per heavy atom. The van der Waals surface area contributed by atoms with Gasteiger partial charge in [0, 0.05) is 20.6 Å². The number of furan rings is 1. The minimum atomic E-state index is -1.19. The monoisotopic (exact) mass is 458 g/mol. The first-order chi connectivity index (χ1) is 14.9. The van der Waals surface area contributed by atoms with Crippen LogP contribution in [0.1, 0.15) is 55.8 Å². The van der Waals surface area contributed by atoms with Gasteiger partial charge in [0.05, 0.1) is 11.5 Å². The van der Waals surface area contributed by atoms with E-state index >= 15 is 0 Å². The summed E-state index contributed by atoms with van der Waals surface area (Å²) in [6, 6.07) is 3.04. The third-order valence-electron chi connectivity index (χ3n) is 5.78. The number of hydrogen-bond acceptors (Lipinski definition) is 4. The van der Waals surface area contributed by atoms with Crippen molar-refractivity contribution < 1.29 is 23.8 Å². The molecule has 0 amide bonds. The normalized spacial score (nSPS) is 21.6. The van der Waals surface area contributed by atoms with Crippen LogP contribution in [0.2, 0.25) is 25.7 Å². The fourth-order valence-corrected chi connectivity index (χ4v) is 4.50. The number of allylic oxidation sites excluding steroid dienone is 1. The Balaban J connectivity index is 2.41. The van der Waals surface area contributed by atoms with Gasteiger partial charge in [0.2, 0.25) is 0 Å². The summed E-state index contributed by atoms with van der Waals surface area (Å²) in [5.41, 5.74) is 5.98. The number of fused-ring (bicyclic) bond motifs is 2. The molecule has 0 spiro atoms. The summed E-state index contributed by atoms with van der Waals surface area (Å²) in [5.74, 6) is 0.0970. The first kappa shape index (κ1) is 26.1. The van der Waals surface area contributed by atoms with Crippen LogP contribution in [0, 0.1) is 12.8 Å². The van der Waals surface area contributed by atoms with E-state index in [2.05, 4.69) is 38.5 Å². The van der Waals surface area contributed by atoms with Crippen LogP contribution in [0.15, 0.2) is 52.2 Å². The van der Waals surface area contributed by atoms with E-state index in [1.165, 1.54) is 0 Å². The van der Waals surface area contributed by atoms with Crippen molar-refractivity contribution in [1.29, 1.82) is 0 Å². The number of rotatable bonds is 9. The van der Waals surface area contributed by atoms with E-state index in [4.69, 9.17) is 13.9 Å². The smallest absolute Gasteiger partial charge is 0.339 e. The van der Waals surface area contributed by atoms with Crippen LogP contribution in [-0.4, -0.2) is 32.5 Å². The highest BCUT2D eigenvalue weighted by Crippen LogP contribution is 2.40. The third-order valence-corrected chi connectivity index (χ3v) is 7.49. The van der Waals surface area contributed by atoms with Crippen molar-refractivity contribution >= 4 is 14.0 Å². The number of ether oxygens (including phenoxy) is 2. The van der Waals surface area contributed by atoms with Crippen molar-refractivity contribution in [2.75, 3.05) is 13.4 Å². The van der Waals surface area contributed by atoms with Crippen LogP contribution in [0.25, 0.3) is 0 Å². The first-order valence-corrected chi connectivity index (χ1v) is 14.9. The number of aliphatic carboxylic acids is 1. The van der Waals surface area contributed by atoms with Crippen LogP contribution >= 0.6 is 0 Å². The van der Waals surface area contributed by atoms with Gasteiger partial charge in [0.15, 0.2) is 0 Å². The van der Waals surface area contributed by atoms with Gasteiger partial charge in [-0.1, -0.05) is 43.9 Å². The summed E-state index contributed by atoms with van der Waals surface area (Å²) >= 11 is 0. The lowest BCUT2D eigenvalue weighted by molar-refractivity contribution is -0.133. The van der Waals surface area contributed by atoms with Crippen molar-refractivity contribution in [1.82, 2.24) is 0 Å². The number of aryl methyl sites for hydroxylation is 1. The largest absolute Gasteiger partial charge is 0.477 e. The highest BCUT2D eigenvalue weighted by Gasteiger charge is 2.32. The summed E-state index contributed by atoms with van der Waals surface area (Å²) in [6.45, 7) is 21.8.